The molecule has 0 aliphatic heterocycles. The molecule has 1 N–H and O–H groups in total. The van der Waals surface area contributed by atoms with Gasteiger partial charge in [0, 0.05) is 8.95 Å². The second-order valence-corrected chi connectivity index (χ2v) is 6.45. The van der Waals surface area contributed by atoms with Crippen LogP contribution in [0.3, 0.4) is 0 Å². The lowest BCUT2D eigenvalue weighted by Crippen LogP contribution is -2.29. The third kappa shape index (κ3) is 4.84. The molecule has 0 heterocycles. The molecule has 102 valence electrons. The minimum Gasteiger partial charge on any atom is -0.277 e. The van der Waals surface area contributed by atoms with Gasteiger partial charge in [0.05, 0.1) is 4.90 Å². The minimum absolute atomic E-state index is 0.203. The predicted molar refractivity (Wildman–Crippen MR) is 64.2 cm³/mol. The fourth-order valence-electron chi connectivity index (χ4n) is 0.917. The van der Waals surface area contributed by atoms with E-state index in [2.05, 4.69) is 36.7 Å². The van der Waals surface area contributed by atoms with Crippen LogP contribution < -0.4 is 4.89 Å². The first kappa shape index (κ1) is 15.9. The first-order chi connectivity index (χ1) is 8.12. The van der Waals surface area contributed by atoms with E-state index in [1.54, 1.807) is 6.07 Å². The number of nitrogens with one attached hydrogen (secondary N) is 1. The third-order valence-electron chi connectivity index (χ3n) is 1.59. The van der Waals surface area contributed by atoms with Crippen LogP contribution in [0.2, 0.25) is 0 Å². The summed E-state index contributed by atoms with van der Waals surface area (Å²) in [5, 5.41) is 0. The van der Waals surface area contributed by atoms with Gasteiger partial charge in [0.1, 0.15) is 0 Å². The van der Waals surface area contributed by atoms with Crippen molar-refractivity contribution >= 4 is 41.9 Å². The van der Waals surface area contributed by atoms with Crippen LogP contribution in [-0.4, -0.2) is 21.2 Å². The minimum atomic E-state index is -4.61. The maximum Gasteiger partial charge on any atom is 0.413 e. The van der Waals surface area contributed by atoms with Gasteiger partial charge in [0.2, 0.25) is 0 Å². The van der Waals surface area contributed by atoms with E-state index in [0.29, 0.717) is 4.47 Å². The molecule has 0 radical (unpaired) electrons. The number of alkyl halides is 3. The molecule has 0 spiro atoms. The topological polar surface area (TPSA) is 55.4 Å². The maximum atomic E-state index is 11.8. The Bertz CT molecular complexity index is 533. The summed E-state index contributed by atoms with van der Waals surface area (Å²) >= 11 is 6.03. The average Bonchev–Trinajstić information content (AvgIpc) is 2.19. The van der Waals surface area contributed by atoms with Gasteiger partial charge in [0.25, 0.3) is 10.0 Å². The Morgan fingerprint density at radius 1 is 1.28 bits per heavy atom. The molecule has 0 amide bonds. The number of hydrogen-bond acceptors (Lipinski definition) is 3. The molecule has 4 nitrogen and oxygen atoms in total. The average molecular weight is 413 g/mol. The zero-order chi connectivity index (χ0) is 14.0. The highest BCUT2D eigenvalue weighted by Gasteiger charge is 2.29. The highest BCUT2D eigenvalue weighted by Crippen LogP contribution is 2.25. The zero-order valence-corrected chi connectivity index (χ0v) is 12.5. The standard InChI is InChI=1S/C8H6Br2F3NO3S/c9-5-1-2-6(10)7(3-5)18(15,16)14-17-4-8(11,12)13/h1-3,14H,4H2. The van der Waals surface area contributed by atoms with Crippen LogP contribution in [0.4, 0.5) is 13.2 Å². The van der Waals surface area contributed by atoms with Crippen molar-refractivity contribution in [2.75, 3.05) is 6.61 Å². The van der Waals surface area contributed by atoms with E-state index in [1.807, 2.05) is 0 Å². The van der Waals surface area contributed by atoms with Crippen LogP contribution in [0.1, 0.15) is 0 Å². The van der Waals surface area contributed by atoms with Crippen molar-refractivity contribution in [1.82, 2.24) is 4.89 Å². The second kappa shape index (κ2) is 5.87. The quantitative estimate of drug-likeness (QED) is 0.773. The predicted octanol–water partition coefficient (Wildman–Crippen LogP) is 2.98. The lowest BCUT2D eigenvalue weighted by atomic mass is 10.4. The Morgan fingerprint density at radius 3 is 2.44 bits per heavy atom. The Balaban J connectivity index is 2.84. The molecule has 0 aliphatic carbocycles. The summed E-state index contributed by atoms with van der Waals surface area (Å²) in [6.07, 6.45) is -4.61. The molecule has 18 heavy (non-hydrogen) atoms. The van der Waals surface area contributed by atoms with Gasteiger partial charge >= 0.3 is 6.18 Å². The summed E-state index contributed by atoms with van der Waals surface area (Å²) in [5.74, 6) is 0. The number of rotatable bonds is 4. The number of hydrogen-bond donors (Lipinski definition) is 1. The Labute approximate surface area is 118 Å². The van der Waals surface area contributed by atoms with Gasteiger partial charge in [-0.1, -0.05) is 20.8 Å². The van der Waals surface area contributed by atoms with Crippen molar-refractivity contribution < 1.29 is 26.4 Å². The van der Waals surface area contributed by atoms with Gasteiger partial charge in [0.15, 0.2) is 6.61 Å². The number of halogens is 5. The largest absolute Gasteiger partial charge is 0.413 e. The van der Waals surface area contributed by atoms with Gasteiger partial charge in [-0.3, -0.25) is 4.84 Å². The van der Waals surface area contributed by atoms with Crippen LogP contribution in [0, 0.1) is 0 Å². The van der Waals surface area contributed by atoms with Crippen molar-refractivity contribution in [3.8, 4) is 0 Å². The monoisotopic (exact) mass is 411 g/mol. The summed E-state index contributed by atoms with van der Waals surface area (Å²) in [4.78, 5) is 5.08. The summed E-state index contributed by atoms with van der Waals surface area (Å²) in [6.45, 7) is -1.71. The summed E-state index contributed by atoms with van der Waals surface area (Å²) in [6, 6.07) is 4.23. The Kier molecular flexibility index (Phi) is 5.18. The van der Waals surface area contributed by atoms with E-state index in [4.69, 9.17) is 0 Å². The molecule has 0 saturated heterocycles. The van der Waals surface area contributed by atoms with Crippen LogP contribution in [0.5, 0.6) is 0 Å². The number of benzene rings is 1. The smallest absolute Gasteiger partial charge is 0.277 e. The molecular weight excluding hydrogens is 407 g/mol. The van der Waals surface area contributed by atoms with E-state index < -0.39 is 22.8 Å². The van der Waals surface area contributed by atoms with Crippen molar-refractivity contribution in [2.24, 2.45) is 0 Å². The molecule has 0 saturated carbocycles. The van der Waals surface area contributed by atoms with Gasteiger partial charge in [-0.05, 0) is 34.1 Å². The SMILES string of the molecule is O=S(=O)(NOCC(F)(F)F)c1cc(Br)ccc1Br. The maximum absolute atomic E-state index is 11.8. The normalized spacial score (nSPS) is 12.7. The Hall–Kier alpha value is -0.160. The summed E-state index contributed by atoms with van der Waals surface area (Å²) in [7, 11) is -4.18. The molecule has 0 aromatic heterocycles. The highest BCUT2D eigenvalue weighted by molar-refractivity contribution is 9.11. The van der Waals surface area contributed by atoms with E-state index in [1.165, 1.54) is 17.0 Å². The zero-order valence-electron chi connectivity index (χ0n) is 8.46. The first-order valence-corrected chi connectivity index (χ1v) is 7.34. The second-order valence-electron chi connectivity index (χ2n) is 3.07. The molecular formula is C8H6Br2F3NO3S. The lowest BCUT2D eigenvalue weighted by Gasteiger charge is -2.10. The third-order valence-corrected chi connectivity index (χ3v) is 4.29. The molecule has 1 rings (SSSR count). The Morgan fingerprint density at radius 2 is 1.89 bits per heavy atom. The summed E-state index contributed by atoms with van der Waals surface area (Å²) < 4.78 is 59.3. The van der Waals surface area contributed by atoms with Gasteiger partial charge in [-0.15, -0.1) is 0 Å². The van der Waals surface area contributed by atoms with E-state index in [9.17, 15) is 21.6 Å². The van der Waals surface area contributed by atoms with E-state index in [-0.39, 0.29) is 9.37 Å². The summed E-state index contributed by atoms with van der Waals surface area (Å²) in [5.41, 5.74) is 0. The van der Waals surface area contributed by atoms with Gasteiger partial charge in [-0.2, -0.15) is 13.2 Å². The van der Waals surface area contributed by atoms with Crippen molar-refractivity contribution in [3.63, 3.8) is 0 Å². The van der Waals surface area contributed by atoms with Gasteiger partial charge < -0.3 is 0 Å². The molecule has 0 unspecified atom stereocenters. The molecule has 10 heteroatoms. The van der Waals surface area contributed by atoms with Crippen molar-refractivity contribution in [2.45, 2.75) is 11.1 Å². The molecule has 0 atom stereocenters. The molecule has 0 aliphatic rings. The first-order valence-electron chi connectivity index (χ1n) is 4.27. The highest BCUT2D eigenvalue weighted by atomic mass is 79.9. The van der Waals surface area contributed by atoms with E-state index in [0.717, 1.165) is 0 Å². The van der Waals surface area contributed by atoms with Crippen LogP contribution in [0.15, 0.2) is 32.0 Å². The fraction of sp³-hybridized carbons (Fsp3) is 0.250. The van der Waals surface area contributed by atoms with Gasteiger partial charge in [-0.25, -0.2) is 8.42 Å². The van der Waals surface area contributed by atoms with Crippen LogP contribution >= 0.6 is 31.9 Å². The fourth-order valence-corrected chi connectivity index (χ4v) is 3.23. The van der Waals surface area contributed by atoms with Crippen LogP contribution in [-0.2, 0) is 14.9 Å². The molecule has 0 fully saturated rings. The molecule has 0 bridgehead atoms. The number of sulfonamides is 1. The van der Waals surface area contributed by atoms with Crippen molar-refractivity contribution in [1.29, 1.82) is 0 Å². The van der Waals surface area contributed by atoms with Crippen molar-refractivity contribution in [3.05, 3.63) is 27.1 Å². The lowest BCUT2D eigenvalue weighted by molar-refractivity contribution is -0.181. The van der Waals surface area contributed by atoms with E-state index >= 15 is 0 Å². The van der Waals surface area contributed by atoms with Crippen LogP contribution in [0.25, 0.3) is 0 Å². The molecule has 1 aromatic carbocycles. The molecule has 1 aromatic rings.